The highest BCUT2D eigenvalue weighted by Crippen LogP contribution is 2.45. The number of sulfone groups is 1. The largest absolute Gasteiger partial charge is 0.387 e. The maximum absolute atomic E-state index is 12.4. The van der Waals surface area contributed by atoms with Gasteiger partial charge < -0.3 is 30.1 Å². The van der Waals surface area contributed by atoms with Gasteiger partial charge in [-0.25, -0.2) is 13.1 Å². The van der Waals surface area contributed by atoms with E-state index in [1.807, 2.05) is 0 Å². The van der Waals surface area contributed by atoms with Crippen LogP contribution in [0.25, 0.3) is 11.0 Å². The summed E-state index contributed by atoms with van der Waals surface area (Å²) in [5, 5.41) is 29.0. The summed E-state index contributed by atoms with van der Waals surface area (Å²) in [5.74, 6) is -0.00941. The molecule has 1 aliphatic carbocycles. The number of ether oxygens (including phenoxy) is 1. The molecule has 0 amide bonds. The molecule has 3 unspecified atom stereocenters. The van der Waals surface area contributed by atoms with Gasteiger partial charge in [0.05, 0.1) is 17.3 Å². The molecule has 2 aliphatic rings. The first-order chi connectivity index (χ1) is 15.8. The number of aliphatic hydroxyl groups is 2. The number of hydrogen-bond donors (Lipinski definition) is 5. The van der Waals surface area contributed by atoms with Crippen molar-refractivity contribution in [3.05, 3.63) is 11.5 Å². The van der Waals surface area contributed by atoms with E-state index in [4.69, 9.17) is 16.3 Å². The molecule has 2 aromatic heterocycles. The fraction of sp³-hybridized carbons (Fsp3) is 0.722. The van der Waals surface area contributed by atoms with E-state index in [2.05, 4.69) is 27.3 Å². The highest BCUT2D eigenvalue weighted by molar-refractivity contribution is 7.98. The Morgan fingerprint density at radius 2 is 2.00 bits per heavy atom. The monoisotopic (exact) mass is 539 g/mol. The minimum Gasteiger partial charge on any atom is -0.387 e. The lowest BCUT2D eigenvalue weighted by atomic mass is 10.1. The molecule has 4 rings (SSSR count). The molecule has 2 fully saturated rings. The van der Waals surface area contributed by atoms with Crippen LogP contribution in [-0.4, -0.2) is 83.3 Å². The van der Waals surface area contributed by atoms with Crippen LogP contribution in [0.3, 0.4) is 0 Å². The number of nitrogens with one attached hydrogen (secondary N) is 1. The highest BCUT2D eigenvalue weighted by Gasteiger charge is 2.48. The lowest BCUT2D eigenvalue weighted by molar-refractivity contribution is -0.0364. The van der Waals surface area contributed by atoms with Crippen LogP contribution in [0.4, 0.5) is 5.82 Å². The van der Waals surface area contributed by atoms with Crippen LogP contribution >= 0.6 is 19.2 Å². The minimum atomic E-state index is -4.94. The van der Waals surface area contributed by atoms with Gasteiger partial charge in [0.1, 0.15) is 24.1 Å². The van der Waals surface area contributed by atoms with Crippen LogP contribution in [0.1, 0.15) is 39.3 Å². The molecule has 1 saturated heterocycles. The van der Waals surface area contributed by atoms with Crippen molar-refractivity contribution in [3.8, 4) is 0 Å². The van der Waals surface area contributed by atoms with Crippen LogP contribution in [0.2, 0.25) is 5.28 Å². The van der Waals surface area contributed by atoms with Gasteiger partial charge in [0.25, 0.3) is 0 Å². The van der Waals surface area contributed by atoms with E-state index in [1.165, 1.54) is 10.9 Å². The summed E-state index contributed by atoms with van der Waals surface area (Å²) in [4.78, 5) is 24.9. The molecule has 13 nitrogen and oxygen atoms in total. The van der Waals surface area contributed by atoms with Gasteiger partial charge in [-0.1, -0.05) is 13.3 Å². The second-order valence-corrected chi connectivity index (χ2v) is 13.9. The molecule has 34 heavy (non-hydrogen) atoms. The van der Waals surface area contributed by atoms with Crippen LogP contribution in [-0.2, 0) is 19.1 Å². The van der Waals surface area contributed by atoms with Crippen molar-refractivity contribution >= 4 is 45.9 Å². The number of aliphatic hydroxyl groups excluding tert-OH is 2. The second-order valence-electron chi connectivity index (χ2n) is 8.89. The zero-order valence-electron chi connectivity index (χ0n) is 18.4. The molecule has 0 radical (unpaired) electrons. The second kappa shape index (κ2) is 9.25. The average Bonchev–Trinajstić information content (AvgIpc) is 3.41. The molecule has 16 heteroatoms. The fourth-order valence-electron chi connectivity index (χ4n) is 4.38. The lowest BCUT2D eigenvalue weighted by Gasteiger charge is -2.19. The maximum Gasteiger partial charge on any atom is 0.343 e. The molecule has 5 N–H and O–H groups in total. The van der Waals surface area contributed by atoms with Crippen molar-refractivity contribution in [2.45, 2.75) is 68.7 Å². The Labute approximate surface area is 200 Å². The van der Waals surface area contributed by atoms with Gasteiger partial charge in [-0.3, -0.25) is 4.57 Å². The zero-order chi connectivity index (χ0) is 25.0. The summed E-state index contributed by atoms with van der Waals surface area (Å²) in [6.45, 7) is 3.02. The van der Waals surface area contributed by atoms with Crippen LogP contribution in [0.15, 0.2) is 6.20 Å². The number of rotatable bonds is 7. The third-order valence-corrected chi connectivity index (χ3v) is 11.3. The fourth-order valence-corrected chi connectivity index (χ4v) is 7.49. The van der Waals surface area contributed by atoms with E-state index in [-0.39, 0.29) is 17.0 Å². The molecule has 190 valence electrons. The molecule has 0 aromatic carbocycles. The third kappa shape index (κ3) is 4.82. The predicted octanol–water partition coefficient (Wildman–Crippen LogP) is 0.638. The third-order valence-electron chi connectivity index (χ3n) is 6.58. The van der Waals surface area contributed by atoms with Gasteiger partial charge in [-0.05, 0) is 37.3 Å². The van der Waals surface area contributed by atoms with E-state index in [0.717, 1.165) is 26.2 Å². The SMILES string of the molecule is CC1CCCC1Nc1nc(Cl)nc2c1cnn2[C@@H]1O[C@H](CS(=O)(=O)C(C)P(=O)(O)O)[C@@H](O)[C@H]1O. The van der Waals surface area contributed by atoms with E-state index >= 15 is 0 Å². The first-order valence-corrected chi connectivity index (χ1v) is 14.5. The number of hydrogen-bond acceptors (Lipinski definition) is 10. The Morgan fingerprint density at radius 1 is 1.29 bits per heavy atom. The van der Waals surface area contributed by atoms with Crippen LogP contribution in [0, 0.1) is 5.92 Å². The normalized spacial score (nSPS) is 31.3. The molecule has 7 atom stereocenters. The van der Waals surface area contributed by atoms with Gasteiger partial charge in [0.15, 0.2) is 26.7 Å². The highest BCUT2D eigenvalue weighted by atomic mass is 35.5. The summed E-state index contributed by atoms with van der Waals surface area (Å²) >= 11 is 6.13. The van der Waals surface area contributed by atoms with E-state index in [9.17, 15) is 33.0 Å². The number of fused-ring (bicyclic) bond motifs is 1. The predicted molar refractivity (Wildman–Crippen MR) is 122 cm³/mol. The molecular weight excluding hydrogens is 513 g/mol. The van der Waals surface area contributed by atoms with Gasteiger partial charge in [-0.2, -0.15) is 15.1 Å². The number of anilines is 1. The topological polar surface area (TPSA) is 197 Å². The molecular formula is C18H27ClN5O8PS. The smallest absolute Gasteiger partial charge is 0.343 e. The zero-order valence-corrected chi connectivity index (χ0v) is 20.9. The number of halogens is 1. The van der Waals surface area contributed by atoms with Crippen molar-refractivity contribution in [1.29, 1.82) is 0 Å². The molecule has 2 aromatic rings. The molecule has 0 bridgehead atoms. The van der Waals surface area contributed by atoms with Gasteiger partial charge in [0, 0.05) is 6.04 Å². The molecule has 1 aliphatic heterocycles. The number of nitrogens with zero attached hydrogens (tertiary/aromatic N) is 4. The summed E-state index contributed by atoms with van der Waals surface area (Å²) < 4.78 is 43.1. The minimum absolute atomic E-state index is 0.0787. The van der Waals surface area contributed by atoms with Crippen LogP contribution in [0.5, 0.6) is 0 Å². The first kappa shape index (κ1) is 25.7. The van der Waals surface area contributed by atoms with E-state index in [0.29, 0.717) is 17.1 Å². The standard InChI is InChI=1S/C18H27ClN5O8PS/c1-8-4-3-5-11(8)21-15-10-6-20-24(16(10)23-18(19)22-15)17-14(26)13(25)12(32-17)7-34(30,31)9(2)33(27,28)29/h6,8-9,11-14,17,25-26H,3-5,7H2,1-2H3,(H,21,22,23)(H2,27,28,29)/t8?,9?,11?,12-,13-,14-,17-/m1/s1. The van der Waals surface area contributed by atoms with Crippen molar-refractivity contribution < 1.29 is 37.7 Å². The Morgan fingerprint density at radius 3 is 2.62 bits per heavy atom. The molecule has 0 spiro atoms. The Hall–Kier alpha value is -1.38. The summed E-state index contributed by atoms with van der Waals surface area (Å²) in [6, 6.07) is 0.193. The van der Waals surface area contributed by atoms with Crippen molar-refractivity contribution in [3.63, 3.8) is 0 Å². The van der Waals surface area contributed by atoms with Crippen molar-refractivity contribution in [2.24, 2.45) is 5.92 Å². The lowest BCUT2D eigenvalue weighted by Crippen LogP contribution is -2.37. The van der Waals surface area contributed by atoms with Gasteiger partial charge in [0.2, 0.25) is 5.28 Å². The first-order valence-electron chi connectivity index (χ1n) is 10.7. The number of aromatic nitrogens is 4. The summed E-state index contributed by atoms with van der Waals surface area (Å²) in [5.41, 5.74) is 0.205. The Balaban J connectivity index is 1.61. The quantitative estimate of drug-likeness (QED) is 0.243. The maximum atomic E-state index is 12.4. The van der Waals surface area contributed by atoms with Crippen molar-refractivity contribution in [2.75, 3.05) is 11.1 Å². The van der Waals surface area contributed by atoms with E-state index < -0.39 is 52.7 Å². The van der Waals surface area contributed by atoms with Crippen LogP contribution < -0.4 is 5.32 Å². The van der Waals surface area contributed by atoms with Crippen molar-refractivity contribution in [1.82, 2.24) is 19.7 Å². The Bertz CT molecular complexity index is 1220. The Kier molecular flexibility index (Phi) is 6.99. The average molecular weight is 540 g/mol. The molecule has 1 saturated carbocycles. The van der Waals surface area contributed by atoms with Gasteiger partial charge in [-0.15, -0.1) is 0 Å². The summed E-state index contributed by atoms with van der Waals surface area (Å²) in [7, 11) is -9.31. The summed E-state index contributed by atoms with van der Waals surface area (Å²) in [6.07, 6.45) is -1.41. The van der Waals surface area contributed by atoms with E-state index in [1.54, 1.807) is 0 Å². The van der Waals surface area contributed by atoms with Gasteiger partial charge >= 0.3 is 7.60 Å². The molecule has 3 heterocycles.